The molecular formula is C15H14BrClN2O2. The van der Waals surface area contributed by atoms with Crippen molar-refractivity contribution in [2.75, 3.05) is 5.32 Å². The first kappa shape index (κ1) is 15.8. The molecule has 1 N–H and O–H groups in total. The van der Waals surface area contributed by atoms with Crippen molar-refractivity contribution < 1.29 is 9.53 Å². The van der Waals surface area contributed by atoms with E-state index in [0.29, 0.717) is 11.4 Å². The quantitative estimate of drug-likeness (QED) is 0.821. The third-order valence-corrected chi connectivity index (χ3v) is 3.70. The Morgan fingerprint density at radius 1 is 1.43 bits per heavy atom. The Morgan fingerprint density at radius 3 is 2.86 bits per heavy atom. The zero-order chi connectivity index (χ0) is 15.4. The lowest BCUT2D eigenvalue weighted by Crippen LogP contribution is -2.30. The van der Waals surface area contributed by atoms with Gasteiger partial charge in [-0.3, -0.25) is 4.79 Å². The Hall–Kier alpha value is -1.59. The number of nitrogens with zero attached hydrogens (tertiary/aromatic N) is 1. The van der Waals surface area contributed by atoms with Crippen LogP contribution in [0.25, 0.3) is 0 Å². The number of halogens is 2. The molecule has 1 amide bonds. The SMILES string of the molecule is Cc1ccc(O[C@H](C)C(=O)Nc2cccnc2Cl)c(Br)c1. The van der Waals surface area contributed by atoms with Gasteiger partial charge < -0.3 is 10.1 Å². The lowest BCUT2D eigenvalue weighted by Gasteiger charge is -2.16. The summed E-state index contributed by atoms with van der Waals surface area (Å²) in [5.74, 6) is 0.318. The van der Waals surface area contributed by atoms with E-state index in [9.17, 15) is 4.79 Å². The van der Waals surface area contributed by atoms with Gasteiger partial charge in [0.05, 0.1) is 10.2 Å². The summed E-state index contributed by atoms with van der Waals surface area (Å²) < 4.78 is 6.46. The minimum atomic E-state index is -0.666. The number of anilines is 1. The number of hydrogen-bond donors (Lipinski definition) is 1. The molecule has 0 bridgehead atoms. The Balaban J connectivity index is 2.04. The molecule has 0 saturated carbocycles. The Morgan fingerprint density at radius 2 is 2.19 bits per heavy atom. The number of rotatable bonds is 4. The molecule has 0 radical (unpaired) electrons. The molecule has 21 heavy (non-hydrogen) atoms. The van der Waals surface area contributed by atoms with Crippen molar-refractivity contribution in [3.63, 3.8) is 0 Å². The first-order chi connectivity index (χ1) is 9.97. The Bertz CT molecular complexity index is 664. The fourth-order valence-electron chi connectivity index (χ4n) is 1.66. The molecule has 1 atom stereocenters. The summed E-state index contributed by atoms with van der Waals surface area (Å²) >= 11 is 9.32. The van der Waals surface area contributed by atoms with Gasteiger partial charge in [0.2, 0.25) is 0 Å². The molecule has 0 aliphatic heterocycles. The van der Waals surface area contributed by atoms with Crippen LogP contribution in [-0.4, -0.2) is 17.0 Å². The zero-order valence-corrected chi connectivity index (χ0v) is 13.9. The van der Waals surface area contributed by atoms with Gasteiger partial charge >= 0.3 is 0 Å². The molecule has 2 aromatic rings. The minimum Gasteiger partial charge on any atom is -0.480 e. The number of ether oxygens (including phenoxy) is 1. The standard InChI is InChI=1S/C15H14BrClN2O2/c1-9-5-6-13(11(16)8-9)21-10(2)15(20)19-12-4-3-7-18-14(12)17/h3-8,10H,1-2H3,(H,19,20)/t10-/m1/s1. The number of aromatic nitrogens is 1. The number of amides is 1. The highest BCUT2D eigenvalue weighted by Gasteiger charge is 2.17. The molecule has 1 aromatic heterocycles. The fourth-order valence-corrected chi connectivity index (χ4v) is 2.41. The summed E-state index contributed by atoms with van der Waals surface area (Å²) in [5, 5.41) is 2.93. The molecule has 4 nitrogen and oxygen atoms in total. The van der Waals surface area contributed by atoms with Gasteiger partial charge in [-0.25, -0.2) is 4.98 Å². The van der Waals surface area contributed by atoms with Crippen LogP contribution >= 0.6 is 27.5 Å². The molecule has 1 heterocycles. The maximum atomic E-state index is 12.1. The average Bonchev–Trinajstić information content (AvgIpc) is 2.44. The predicted molar refractivity (Wildman–Crippen MR) is 86.8 cm³/mol. The first-order valence-electron chi connectivity index (χ1n) is 6.31. The zero-order valence-electron chi connectivity index (χ0n) is 11.6. The van der Waals surface area contributed by atoms with E-state index in [1.54, 1.807) is 25.3 Å². The summed E-state index contributed by atoms with van der Waals surface area (Å²) in [6.45, 7) is 3.65. The Kier molecular flexibility index (Phi) is 5.20. The molecule has 0 unspecified atom stereocenters. The topological polar surface area (TPSA) is 51.2 Å². The van der Waals surface area contributed by atoms with Gasteiger partial charge in [0, 0.05) is 6.20 Å². The molecule has 0 aliphatic rings. The van der Waals surface area contributed by atoms with E-state index >= 15 is 0 Å². The minimum absolute atomic E-state index is 0.245. The van der Waals surface area contributed by atoms with Gasteiger partial charge in [0.1, 0.15) is 5.75 Å². The number of pyridine rings is 1. The van der Waals surface area contributed by atoms with Gasteiger partial charge in [-0.2, -0.15) is 0 Å². The fraction of sp³-hybridized carbons (Fsp3) is 0.200. The number of aryl methyl sites for hydroxylation is 1. The highest BCUT2D eigenvalue weighted by atomic mass is 79.9. The first-order valence-corrected chi connectivity index (χ1v) is 7.48. The second-order valence-corrected chi connectivity index (χ2v) is 5.74. The lowest BCUT2D eigenvalue weighted by molar-refractivity contribution is -0.122. The second kappa shape index (κ2) is 6.91. The van der Waals surface area contributed by atoms with E-state index < -0.39 is 6.10 Å². The van der Waals surface area contributed by atoms with Crippen LogP contribution in [0.5, 0.6) is 5.75 Å². The maximum absolute atomic E-state index is 12.1. The van der Waals surface area contributed by atoms with Crippen LogP contribution in [0.3, 0.4) is 0 Å². The van der Waals surface area contributed by atoms with E-state index in [-0.39, 0.29) is 11.1 Å². The molecular weight excluding hydrogens is 356 g/mol. The van der Waals surface area contributed by atoms with E-state index in [1.165, 1.54) is 0 Å². The van der Waals surface area contributed by atoms with Crippen LogP contribution in [0.2, 0.25) is 5.15 Å². The lowest BCUT2D eigenvalue weighted by atomic mass is 10.2. The number of hydrogen-bond acceptors (Lipinski definition) is 3. The van der Waals surface area contributed by atoms with Gasteiger partial charge in [0.25, 0.3) is 5.91 Å². The predicted octanol–water partition coefficient (Wildman–Crippen LogP) is 4.21. The van der Waals surface area contributed by atoms with Crippen LogP contribution in [0.1, 0.15) is 12.5 Å². The van der Waals surface area contributed by atoms with E-state index in [2.05, 4.69) is 26.2 Å². The largest absolute Gasteiger partial charge is 0.480 e. The Labute approximate surface area is 136 Å². The van der Waals surface area contributed by atoms with Gasteiger partial charge in [0.15, 0.2) is 11.3 Å². The van der Waals surface area contributed by atoms with Gasteiger partial charge in [-0.05, 0) is 59.6 Å². The second-order valence-electron chi connectivity index (χ2n) is 4.52. The van der Waals surface area contributed by atoms with Crippen LogP contribution in [0.4, 0.5) is 5.69 Å². The average molecular weight is 370 g/mol. The van der Waals surface area contributed by atoms with Crippen LogP contribution < -0.4 is 10.1 Å². The monoisotopic (exact) mass is 368 g/mol. The molecule has 0 saturated heterocycles. The molecule has 0 aliphatic carbocycles. The molecule has 2 rings (SSSR count). The number of carbonyl (C=O) groups is 1. The van der Waals surface area contributed by atoms with Crippen molar-refractivity contribution in [3.8, 4) is 5.75 Å². The summed E-state index contributed by atoms with van der Waals surface area (Å²) in [7, 11) is 0. The van der Waals surface area contributed by atoms with Crippen molar-refractivity contribution in [3.05, 3.63) is 51.7 Å². The third-order valence-electron chi connectivity index (χ3n) is 2.78. The van der Waals surface area contributed by atoms with Crippen molar-refractivity contribution in [2.45, 2.75) is 20.0 Å². The summed E-state index contributed by atoms with van der Waals surface area (Å²) in [5.41, 5.74) is 1.57. The summed E-state index contributed by atoms with van der Waals surface area (Å²) in [6.07, 6.45) is 0.890. The van der Waals surface area contributed by atoms with Crippen LogP contribution in [0, 0.1) is 6.92 Å². The maximum Gasteiger partial charge on any atom is 0.265 e. The van der Waals surface area contributed by atoms with Crippen molar-refractivity contribution >= 4 is 39.1 Å². The smallest absolute Gasteiger partial charge is 0.265 e. The van der Waals surface area contributed by atoms with E-state index in [4.69, 9.17) is 16.3 Å². The van der Waals surface area contributed by atoms with Crippen LogP contribution in [0.15, 0.2) is 41.0 Å². The normalized spacial score (nSPS) is 11.8. The van der Waals surface area contributed by atoms with E-state index in [0.717, 1.165) is 10.0 Å². The number of carbonyl (C=O) groups excluding carboxylic acids is 1. The van der Waals surface area contributed by atoms with E-state index in [1.807, 2.05) is 25.1 Å². The van der Waals surface area contributed by atoms with Gasteiger partial charge in [-0.15, -0.1) is 0 Å². The third kappa shape index (κ3) is 4.19. The van der Waals surface area contributed by atoms with Crippen LogP contribution in [-0.2, 0) is 4.79 Å². The molecule has 110 valence electrons. The van der Waals surface area contributed by atoms with Crippen molar-refractivity contribution in [2.24, 2.45) is 0 Å². The molecule has 1 aromatic carbocycles. The summed E-state index contributed by atoms with van der Waals surface area (Å²) in [4.78, 5) is 16.0. The number of benzene rings is 1. The van der Waals surface area contributed by atoms with Gasteiger partial charge in [-0.1, -0.05) is 17.7 Å². The highest BCUT2D eigenvalue weighted by molar-refractivity contribution is 9.10. The number of nitrogens with one attached hydrogen (secondary N) is 1. The summed E-state index contributed by atoms with van der Waals surface area (Å²) in [6, 6.07) is 9.05. The molecule has 0 fully saturated rings. The highest BCUT2D eigenvalue weighted by Crippen LogP contribution is 2.27. The molecule has 0 spiro atoms. The molecule has 6 heteroatoms. The van der Waals surface area contributed by atoms with Crippen molar-refractivity contribution in [1.29, 1.82) is 0 Å². The van der Waals surface area contributed by atoms with Crippen molar-refractivity contribution in [1.82, 2.24) is 4.98 Å².